The molecule has 0 saturated carbocycles. The molecule has 3 aromatic rings. The minimum Gasteiger partial charge on any atom is -0.494 e. The Bertz CT molecular complexity index is 892. The number of ether oxygens (including phenoxy) is 2. The predicted molar refractivity (Wildman–Crippen MR) is 85.6 cm³/mol. The third-order valence-electron chi connectivity index (χ3n) is 3.54. The van der Waals surface area contributed by atoms with Gasteiger partial charge in [0.1, 0.15) is 12.4 Å². The van der Waals surface area contributed by atoms with Crippen LogP contribution in [-0.2, 0) is 11.3 Å². The fraction of sp³-hybridized carbons (Fsp3) is 0.111. The van der Waals surface area contributed by atoms with E-state index in [0.29, 0.717) is 11.3 Å². The summed E-state index contributed by atoms with van der Waals surface area (Å²) >= 11 is 0. The normalized spacial score (nSPS) is 10.5. The zero-order chi connectivity index (χ0) is 17.8. The Morgan fingerprint density at radius 3 is 2.60 bits per heavy atom. The highest BCUT2D eigenvalue weighted by Gasteiger charge is 2.15. The first-order valence-electron chi connectivity index (χ1n) is 7.36. The molecule has 0 N–H and O–H groups in total. The molecule has 0 unspecified atom stereocenters. The highest BCUT2D eigenvalue weighted by atomic mass is 19.1. The van der Waals surface area contributed by atoms with E-state index in [4.69, 9.17) is 9.47 Å². The molecule has 7 heteroatoms. The molecule has 0 atom stereocenters. The Labute approximate surface area is 142 Å². The molecule has 0 radical (unpaired) electrons. The second-order valence-electron chi connectivity index (χ2n) is 5.17. The van der Waals surface area contributed by atoms with Gasteiger partial charge in [0.25, 0.3) is 0 Å². The van der Waals surface area contributed by atoms with Crippen molar-refractivity contribution in [2.75, 3.05) is 7.11 Å². The van der Waals surface area contributed by atoms with Gasteiger partial charge in [0.15, 0.2) is 17.3 Å². The molecule has 25 heavy (non-hydrogen) atoms. The van der Waals surface area contributed by atoms with Crippen LogP contribution in [-0.4, -0.2) is 22.6 Å². The molecule has 5 nitrogen and oxygen atoms in total. The third-order valence-corrected chi connectivity index (χ3v) is 3.54. The largest absolute Gasteiger partial charge is 0.494 e. The number of hydrogen-bond acceptors (Lipinski definition) is 4. The maximum Gasteiger partial charge on any atom is 0.357 e. The fourth-order valence-electron chi connectivity index (χ4n) is 2.28. The molecule has 2 aromatic carbocycles. The number of benzene rings is 2. The Hall–Kier alpha value is -3.22. The summed E-state index contributed by atoms with van der Waals surface area (Å²) in [5.41, 5.74) is 1.24. The lowest BCUT2D eigenvalue weighted by atomic mass is 10.2. The van der Waals surface area contributed by atoms with Crippen LogP contribution in [0.25, 0.3) is 5.69 Å². The average molecular weight is 344 g/mol. The summed E-state index contributed by atoms with van der Waals surface area (Å²) in [7, 11) is 1.37. The number of hydrogen-bond donors (Lipinski definition) is 0. The van der Waals surface area contributed by atoms with Crippen LogP contribution < -0.4 is 4.74 Å². The van der Waals surface area contributed by atoms with Gasteiger partial charge in [-0.25, -0.2) is 18.6 Å². The quantitative estimate of drug-likeness (QED) is 0.665. The van der Waals surface area contributed by atoms with E-state index in [1.807, 2.05) is 0 Å². The second kappa shape index (κ2) is 7.12. The number of esters is 1. The van der Waals surface area contributed by atoms with E-state index in [9.17, 15) is 13.6 Å². The van der Waals surface area contributed by atoms with E-state index < -0.39 is 11.8 Å². The van der Waals surface area contributed by atoms with Crippen molar-refractivity contribution in [2.45, 2.75) is 6.61 Å². The van der Waals surface area contributed by atoms with Gasteiger partial charge in [-0.05, 0) is 42.0 Å². The van der Waals surface area contributed by atoms with Crippen LogP contribution in [0.15, 0.2) is 55.0 Å². The first-order chi connectivity index (χ1) is 12.1. The summed E-state index contributed by atoms with van der Waals surface area (Å²) in [6.45, 7) is -0.103. The number of rotatable bonds is 5. The lowest BCUT2D eigenvalue weighted by Gasteiger charge is -2.09. The maximum absolute atomic E-state index is 13.7. The van der Waals surface area contributed by atoms with Crippen molar-refractivity contribution in [1.82, 2.24) is 9.55 Å². The molecule has 0 aliphatic carbocycles. The monoisotopic (exact) mass is 344 g/mol. The highest BCUT2D eigenvalue weighted by molar-refractivity contribution is 5.88. The average Bonchev–Trinajstić information content (AvgIpc) is 3.10. The van der Waals surface area contributed by atoms with Gasteiger partial charge in [0, 0.05) is 5.69 Å². The molecule has 0 aliphatic rings. The topological polar surface area (TPSA) is 53.4 Å². The lowest BCUT2D eigenvalue weighted by Crippen LogP contribution is -2.11. The molecular weight excluding hydrogens is 330 g/mol. The van der Waals surface area contributed by atoms with Gasteiger partial charge in [-0.1, -0.05) is 6.07 Å². The van der Waals surface area contributed by atoms with Crippen molar-refractivity contribution in [3.63, 3.8) is 0 Å². The summed E-state index contributed by atoms with van der Waals surface area (Å²) in [5.74, 6) is -1.43. The summed E-state index contributed by atoms with van der Waals surface area (Å²) in [6, 6.07) is 9.91. The molecule has 0 spiro atoms. The van der Waals surface area contributed by atoms with Gasteiger partial charge >= 0.3 is 5.97 Å². The molecule has 1 aromatic heterocycles. The van der Waals surface area contributed by atoms with Crippen LogP contribution >= 0.6 is 0 Å². The van der Waals surface area contributed by atoms with E-state index >= 15 is 0 Å². The lowest BCUT2D eigenvalue weighted by molar-refractivity contribution is 0.0462. The summed E-state index contributed by atoms with van der Waals surface area (Å²) < 4.78 is 38.2. The summed E-state index contributed by atoms with van der Waals surface area (Å²) in [4.78, 5) is 16.2. The molecule has 3 rings (SSSR count). The zero-order valence-electron chi connectivity index (χ0n) is 13.3. The Morgan fingerprint density at radius 2 is 1.92 bits per heavy atom. The summed E-state index contributed by atoms with van der Waals surface area (Å²) in [5, 5.41) is 0. The van der Waals surface area contributed by atoms with Gasteiger partial charge in [-0.3, -0.25) is 4.57 Å². The number of carbonyl (C=O) groups excluding carboxylic acids is 1. The van der Waals surface area contributed by atoms with Crippen LogP contribution in [0.5, 0.6) is 5.75 Å². The number of imidazole rings is 1. The second-order valence-corrected chi connectivity index (χ2v) is 5.17. The number of aromatic nitrogens is 2. The van der Waals surface area contributed by atoms with Crippen LogP contribution in [0.2, 0.25) is 0 Å². The van der Waals surface area contributed by atoms with Crippen LogP contribution in [0.4, 0.5) is 8.78 Å². The van der Waals surface area contributed by atoms with Gasteiger partial charge in [0.05, 0.1) is 19.6 Å². The van der Waals surface area contributed by atoms with Crippen molar-refractivity contribution in [3.8, 4) is 11.4 Å². The predicted octanol–water partition coefficient (Wildman–Crippen LogP) is 3.52. The van der Waals surface area contributed by atoms with Crippen molar-refractivity contribution < 1.29 is 23.0 Å². The van der Waals surface area contributed by atoms with Gasteiger partial charge in [-0.2, -0.15) is 0 Å². The van der Waals surface area contributed by atoms with Crippen molar-refractivity contribution in [3.05, 3.63) is 77.9 Å². The number of carbonyl (C=O) groups is 1. The smallest absolute Gasteiger partial charge is 0.357 e. The summed E-state index contributed by atoms with van der Waals surface area (Å²) in [6.07, 6.45) is 2.77. The first kappa shape index (κ1) is 16.6. The number of nitrogens with zero attached hydrogens (tertiary/aromatic N) is 2. The third kappa shape index (κ3) is 3.65. The minimum absolute atomic E-state index is 0.103. The molecule has 0 aliphatic heterocycles. The Morgan fingerprint density at radius 1 is 1.16 bits per heavy atom. The molecule has 0 amide bonds. The highest BCUT2D eigenvalue weighted by Crippen LogP contribution is 2.19. The Kier molecular flexibility index (Phi) is 4.74. The molecule has 0 bridgehead atoms. The molecule has 1 heterocycles. The van der Waals surface area contributed by atoms with Gasteiger partial charge < -0.3 is 9.47 Å². The minimum atomic E-state index is -0.627. The standard InChI is InChI=1S/C18H14F2N2O3/c1-24-17-7-2-12(8-15(17)20)10-25-18(23)16-9-21-11-22(16)14-5-3-13(19)4-6-14/h2-9,11H,10H2,1H3. The van der Waals surface area contributed by atoms with Gasteiger partial charge in [0.2, 0.25) is 0 Å². The van der Waals surface area contributed by atoms with E-state index in [0.717, 1.165) is 0 Å². The maximum atomic E-state index is 13.7. The molecule has 0 fully saturated rings. The fourth-order valence-corrected chi connectivity index (χ4v) is 2.28. The van der Waals surface area contributed by atoms with Gasteiger partial charge in [-0.15, -0.1) is 0 Å². The zero-order valence-corrected chi connectivity index (χ0v) is 13.3. The van der Waals surface area contributed by atoms with E-state index in [2.05, 4.69) is 4.98 Å². The number of halogens is 2. The van der Waals surface area contributed by atoms with Crippen LogP contribution in [0, 0.1) is 11.6 Å². The van der Waals surface area contributed by atoms with E-state index in [-0.39, 0.29) is 23.9 Å². The van der Waals surface area contributed by atoms with Crippen LogP contribution in [0.1, 0.15) is 16.1 Å². The Balaban J connectivity index is 1.73. The van der Waals surface area contributed by atoms with Crippen molar-refractivity contribution in [2.24, 2.45) is 0 Å². The van der Waals surface area contributed by atoms with Crippen molar-refractivity contribution >= 4 is 5.97 Å². The van der Waals surface area contributed by atoms with E-state index in [1.54, 1.807) is 6.07 Å². The number of methoxy groups -OCH3 is 1. The van der Waals surface area contributed by atoms with Crippen molar-refractivity contribution in [1.29, 1.82) is 0 Å². The molecular formula is C18H14F2N2O3. The van der Waals surface area contributed by atoms with Crippen LogP contribution in [0.3, 0.4) is 0 Å². The molecule has 128 valence electrons. The SMILES string of the molecule is COc1ccc(COC(=O)c2cncn2-c2ccc(F)cc2)cc1F. The van der Waals surface area contributed by atoms with E-state index in [1.165, 1.54) is 60.6 Å². The molecule has 0 saturated heterocycles. The first-order valence-corrected chi connectivity index (χ1v) is 7.36.